The smallest absolute Gasteiger partial charge is 0.0216 e. The van der Waals surface area contributed by atoms with Crippen LogP contribution in [0.1, 0.15) is 31.2 Å². The van der Waals surface area contributed by atoms with Crippen LogP contribution in [-0.4, -0.2) is 37.3 Å². The van der Waals surface area contributed by atoms with Crippen molar-refractivity contribution in [2.75, 3.05) is 32.4 Å². The summed E-state index contributed by atoms with van der Waals surface area (Å²) in [5.74, 6) is 0. The van der Waals surface area contributed by atoms with E-state index in [-0.39, 0.29) is 0 Å². The summed E-state index contributed by atoms with van der Waals surface area (Å²) in [7, 11) is 0. The molecule has 1 aromatic rings. The predicted octanol–water partition coefficient (Wildman–Crippen LogP) is 3.37. The van der Waals surface area contributed by atoms with Crippen molar-refractivity contribution in [2.45, 2.75) is 37.1 Å². The Morgan fingerprint density at radius 3 is 2.74 bits per heavy atom. The summed E-state index contributed by atoms with van der Waals surface area (Å²) in [6, 6.07) is 8.68. The van der Waals surface area contributed by atoms with E-state index in [0.717, 1.165) is 13.1 Å². The third-order valence-corrected chi connectivity index (χ3v) is 4.62. The monoisotopic (exact) mass is 278 g/mol. The number of thioether (sulfide) groups is 1. The molecule has 0 unspecified atom stereocenters. The lowest BCUT2D eigenvalue weighted by Crippen LogP contribution is -2.32. The highest BCUT2D eigenvalue weighted by Gasteiger charge is 2.08. The van der Waals surface area contributed by atoms with Crippen LogP contribution in [-0.2, 0) is 6.54 Å². The van der Waals surface area contributed by atoms with Crippen LogP contribution in [0.15, 0.2) is 29.2 Å². The maximum Gasteiger partial charge on any atom is 0.0216 e. The number of hydrogen-bond acceptors (Lipinski definition) is 3. The zero-order chi connectivity index (χ0) is 13.3. The van der Waals surface area contributed by atoms with E-state index in [0.29, 0.717) is 0 Å². The van der Waals surface area contributed by atoms with Gasteiger partial charge in [0.25, 0.3) is 0 Å². The van der Waals surface area contributed by atoms with Crippen molar-refractivity contribution in [1.82, 2.24) is 10.2 Å². The number of rotatable bonds is 7. The Morgan fingerprint density at radius 2 is 1.95 bits per heavy atom. The van der Waals surface area contributed by atoms with Crippen molar-refractivity contribution in [1.29, 1.82) is 0 Å². The molecule has 3 heteroatoms. The number of likely N-dealkylation sites (tertiary alicyclic amines) is 1. The minimum atomic E-state index is 0.997. The average molecular weight is 278 g/mol. The van der Waals surface area contributed by atoms with Gasteiger partial charge < -0.3 is 10.2 Å². The van der Waals surface area contributed by atoms with Crippen molar-refractivity contribution in [3.63, 3.8) is 0 Å². The Morgan fingerprint density at radius 1 is 1.16 bits per heavy atom. The summed E-state index contributed by atoms with van der Waals surface area (Å²) in [4.78, 5) is 4.01. The number of hydrogen-bond donors (Lipinski definition) is 1. The van der Waals surface area contributed by atoms with Crippen LogP contribution in [0.3, 0.4) is 0 Å². The molecule has 1 aliphatic heterocycles. The number of nitrogens with one attached hydrogen (secondary N) is 1. The third kappa shape index (κ3) is 5.17. The van der Waals surface area contributed by atoms with Crippen molar-refractivity contribution in [3.05, 3.63) is 29.8 Å². The molecule has 2 nitrogen and oxygen atoms in total. The zero-order valence-corrected chi connectivity index (χ0v) is 12.8. The van der Waals surface area contributed by atoms with Gasteiger partial charge in [0.2, 0.25) is 0 Å². The molecule has 0 bridgehead atoms. The fourth-order valence-electron chi connectivity index (χ4n) is 2.68. The highest BCUT2D eigenvalue weighted by molar-refractivity contribution is 7.98. The minimum Gasteiger partial charge on any atom is -0.313 e. The van der Waals surface area contributed by atoms with Gasteiger partial charge in [-0.25, -0.2) is 0 Å². The number of benzene rings is 1. The topological polar surface area (TPSA) is 15.3 Å². The molecule has 1 N–H and O–H groups in total. The number of piperidine rings is 1. The average Bonchev–Trinajstić information content (AvgIpc) is 2.48. The Bertz CT molecular complexity index is 362. The fourth-order valence-corrected chi connectivity index (χ4v) is 3.30. The lowest BCUT2D eigenvalue weighted by molar-refractivity contribution is 0.225. The van der Waals surface area contributed by atoms with E-state index in [1.165, 1.54) is 55.8 Å². The van der Waals surface area contributed by atoms with Crippen LogP contribution in [0, 0.1) is 0 Å². The highest BCUT2D eigenvalue weighted by Crippen LogP contribution is 2.19. The van der Waals surface area contributed by atoms with E-state index >= 15 is 0 Å². The molecule has 0 aliphatic carbocycles. The van der Waals surface area contributed by atoms with Gasteiger partial charge in [0, 0.05) is 11.4 Å². The Labute approximate surface area is 122 Å². The second-order valence-corrected chi connectivity index (χ2v) is 6.09. The molecule has 0 spiro atoms. The molecule has 106 valence electrons. The fraction of sp³-hybridized carbons (Fsp3) is 0.625. The molecule has 0 radical (unpaired) electrons. The summed E-state index contributed by atoms with van der Waals surface area (Å²) in [5.41, 5.74) is 1.42. The molecule has 1 fully saturated rings. The summed E-state index contributed by atoms with van der Waals surface area (Å²) < 4.78 is 0. The van der Waals surface area contributed by atoms with Crippen molar-refractivity contribution in [2.24, 2.45) is 0 Å². The first-order valence-corrected chi connectivity index (χ1v) is 8.67. The molecule has 19 heavy (non-hydrogen) atoms. The summed E-state index contributed by atoms with van der Waals surface area (Å²) in [6.45, 7) is 6.01. The molecule has 1 heterocycles. The summed E-state index contributed by atoms with van der Waals surface area (Å²) in [5, 5.41) is 3.58. The molecular weight excluding hydrogens is 252 g/mol. The van der Waals surface area contributed by atoms with Gasteiger partial charge in [-0.3, -0.25) is 0 Å². The normalized spacial score (nSPS) is 16.7. The molecule has 0 atom stereocenters. The van der Waals surface area contributed by atoms with E-state index in [4.69, 9.17) is 0 Å². The highest BCUT2D eigenvalue weighted by atomic mass is 32.2. The first-order valence-electron chi connectivity index (χ1n) is 7.45. The van der Waals surface area contributed by atoms with Gasteiger partial charge in [-0.15, -0.1) is 11.8 Å². The zero-order valence-electron chi connectivity index (χ0n) is 12.0. The predicted molar refractivity (Wildman–Crippen MR) is 84.8 cm³/mol. The quantitative estimate of drug-likeness (QED) is 0.608. The van der Waals surface area contributed by atoms with Gasteiger partial charge in [0.1, 0.15) is 0 Å². The van der Waals surface area contributed by atoms with Crippen LogP contribution in [0.4, 0.5) is 0 Å². The van der Waals surface area contributed by atoms with Crippen molar-refractivity contribution in [3.8, 4) is 0 Å². The molecule has 0 amide bonds. The van der Waals surface area contributed by atoms with Crippen molar-refractivity contribution >= 4 is 11.8 Å². The van der Waals surface area contributed by atoms with Gasteiger partial charge >= 0.3 is 0 Å². The van der Waals surface area contributed by atoms with Crippen LogP contribution >= 0.6 is 11.8 Å². The second kappa shape index (κ2) is 8.62. The minimum absolute atomic E-state index is 0.997. The van der Waals surface area contributed by atoms with E-state index < -0.39 is 0 Å². The lowest BCUT2D eigenvalue weighted by Gasteiger charge is -2.26. The van der Waals surface area contributed by atoms with E-state index in [2.05, 4.69) is 40.7 Å². The van der Waals surface area contributed by atoms with Gasteiger partial charge in [0.05, 0.1) is 0 Å². The Kier molecular flexibility index (Phi) is 6.75. The lowest BCUT2D eigenvalue weighted by atomic mass is 10.1. The van der Waals surface area contributed by atoms with Crippen LogP contribution in [0.2, 0.25) is 0 Å². The van der Waals surface area contributed by atoms with Crippen LogP contribution in [0.25, 0.3) is 0 Å². The Hall–Kier alpha value is -0.510. The molecule has 0 saturated carbocycles. The Balaban J connectivity index is 1.61. The van der Waals surface area contributed by atoms with Gasteiger partial charge in [-0.2, -0.15) is 0 Å². The maximum absolute atomic E-state index is 3.58. The van der Waals surface area contributed by atoms with E-state index in [1.807, 2.05) is 11.8 Å². The van der Waals surface area contributed by atoms with E-state index in [9.17, 15) is 0 Å². The van der Waals surface area contributed by atoms with Crippen LogP contribution < -0.4 is 5.32 Å². The van der Waals surface area contributed by atoms with Gasteiger partial charge in [-0.1, -0.05) is 24.6 Å². The van der Waals surface area contributed by atoms with Crippen LogP contribution in [0.5, 0.6) is 0 Å². The molecular formula is C16H26N2S. The van der Waals surface area contributed by atoms with Gasteiger partial charge in [-0.05, 0) is 63.3 Å². The molecule has 0 aromatic heterocycles. The molecule has 2 rings (SSSR count). The summed E-state index contributed by atoms with van der Waals surface area (Å²) in [6.07, 6.45) is 7.64. The molecule has 1 aromatic carbocycles. The third-order valence-electron chi connectivity index (χ3n) is 3.78. The van der Waals surface area contributed by atoms with Gasteiger partial charge in [0.15, 0.2) is 0 Å². The maximum atomic E-state index is 3.58. The SMILES string of the molecule is CSc1ccccc1CNCCCN1CCCCC1. The second-order valence-electron chi connectivity index (χ2n) is 5.24. The standard InChI is InChI=1S/C16H26N2S/c1-19-16-9-4-3-8-15(16)14-17-10-7-13-18-11-5-2-6-12-18/h3-4,8-9,17H,2,5-7,10-14H2,1H3. The molecule has 1 aliphatic rings. The summed E-state index contributed by atoms with van der Waals surface area (Å²) >= 11 is 1.83. The first-order chi connectivity index (χ1) is 9.40. The van der Waals surface area contributed by atoms with Crippen molar-refractivity contribution < 1.29 is 0 Å². The first kappa shape index (κ1) is 14.9. The number of nitrogens with zero attached hydrogens (tertiary/aromatic N) is 1. The van der Waals surface area contributed by atoms with E-state index in [1.54, 1.807) is 0 Å². The largest absolute Gasteiger partial charge is 0.313 e. The molecule has 1 saturated heterocycles.